The van der Waals surface area contributed by atoms with Crippen LogP contribution in [0.2, 0.25) is 0 Å². The molecule has 0 aliphatic rings. The van der Waals surface area contributed by atoms with E-state index in [1.807, 2.05) is 37.4 Å². The van der Waals surface area contributed by atoms with Crippen molar-refractivity contribution in [3.63, 3.8) is 0 Å². The minimum atomic E-state index is 0.598. The molecule has 0 aliphatic heterocycles. The summed E-state index contributed by atoms with van der Waals surface area (Å²) in [5.41, 5.74) is 6.68. The third kappa shape index (κ3) is 2.20. The van der Waals surface area contributed by atoms with E-state index in [9.17, 15) is 0 Å². The van der Waals surface area contributed by atoms with E-state index in [1.54, 1.807) is 11.3 Å². The standard InChI is InChI=1S/C9H12N2S/c1-3-7(2)11-9(10)8-5-4-6-12-8/h3-6H,1-2H3,(H2,10,11). The number of nitrogens with two attached hydrogens (primary N) is 1. The van der Waals surface area contributed by atoms with E-state index in [2.05, 4.69) is 4.99 Å². The van der Waals surface area contributed by atoms with Crippen molar-refractivity contribution >= 4 is 17.2 Å². The van der Waals surface area contributed by atoms with Crippen molar-refractivity contribution in [2.24, 2.45) is 10.7 Å². The van der Waals surface area contributed by atoms with Crippen molar-refractivity contribution in [3.8, 4) is 0 Å². The lowest BCUT2D eigenvalue weighted by Gasteiger charge is -1.95. The third-order valence-corrected chi connectivity index (χ3v) is 2.38. The Kier molecular flexibility index (Phi) is 3.05. The average molecular weight is 180 g/mol. The van der Waals surface area contributed by atoms with Crippen molar-refractivity contribution in [3.05, 3.63) is 34.2 Å². The van der Waals surface area contributed by atoms with Crippen LogP contribution in [0.15, 0.2) is 34.3 Å². The molecule has 2 N–H and O–H groups in total. The summed E-state index contributed by atoms with van der Waals surface area (Å²) in [7, 11) is 0. The van der Waals surface area contributed by atoms with E-state index < -0.39 is 0 Å². The number of hydrogen-bond donors (Lipinski definition) is 1. The van der Waals surface area contributed by atoms with Crippen molar-refractivity contribution in [2.45, 2.75) is 13.8 Å². The maximum absolute atomic E-state index is 5.74. The quantitative estimate of drug-likeness (QED) is 0.550. The fourth-order valence-corrected chi connectivity index (χ4v) is 1.36. The van der Waals surface area contributed by atoms with Crippen LogP contribution in [0.25, 0.3) is 0 Å². The van der Waals surface area contributed by atoms with Gasteiger partial charge in [0.15, 0.2) is 0 Å². The normalized spacial score (nSPS) is 13.5. The molecule has 1 rings (SSSR count). The van der Waals surface area contributed by atoms with Crippen LogP contribution in [-0.2, 0) is 0 Å². The van der Waals surface area contributed by atoms with E-state index in [1.165, 1.54) is 0 Å². The van der Waals surface area contributed by atoms with Gasteiger partial charge >= 0.3 is 0 Å². The molecule has 0 saturated heterocycles. The highest BCUT2D eigenvalue weighted by molar-refractivity contribution is 7.12. The van der Waals surface area contributed by atoms with Gasteiger partial charge in [-0.25, -0.2) is 4.99 Å². The lowest BCUT2D eigenvalue weighted by molar-refractivity contribution is 1.27. The van der Waals surface area contributed by atoms with Crippen LogP contribution in [0.4, 0.5) is 0 Å². The summed E-state index contributed by atoms with van der Waals surface area (Å²) in [5, 5.41) is 1.99. The van der Waals surface area contributed by atoms with Crippen LogP contribution in [0, 0.1) is 0 Å². The zero-order valence-electron chi connectivity index (χ0n) is 7.24. The van der Waals surface area contributed by atoms with E-state index in [0.717, 1.165) is 10.6 Å². The highest BCUT2D eigenvalue weighted by Gasteiger charge is 1.97. The molecule has 1 heterocycles. The molecule has 64 valence electrons. The molecule has 0 bridgehead atoms. The number of aliphatic imine (C=N–C) groups is 1. The Morgan fingerprint density at radius 3 is 2.92 bits per heavy atom. The first-order valence-corrected chi connectivity index (χ1v) is 4.63. The van der Waals surface area contributed by atoms with Crippen molar-refractivity contribution in [1.82, 2.24) is 0 Å². The molecule has 0 amide bonds. The molecule has 12 heavy (non-hydrogen) atoms. The van der Waals surface area contributed by atoms with Crippen molar-refractivity contribution in [2.75, 3.05) is 0 Å². The summed E-state index contributed by atoms with van der Waals surface area (Å²) in [6, 6.07) is 3.93. The first-order valence-electron chi connectivity index (χ1n) is 3.75. The van der Waals surface area contributed by atoms with Gasteiger partial charge in [-0.05, 0) is 25.3 Å². The van der Waals surface area contributed by atoms with Crippen LogP contribution in [0.3, 0.4) is 0 Å². The van der Waals surface area contributed by atoms with Crippen LogP contribution >= 0.6 is 11.3 Å². The zero-order valence-corrected chi connectivity index (χ0v) is 8.06. The van der Waals surface area contributed by atoms with Crippen LogP contribution < -0.4 is 5.73 Å². The topological polar surface area (TPSA) is 38.4 Å². The van der Waals surface area contributed by atoms with Gasteiger partial charge in [0.25, 0.3) is 0 Å². The number of nitrogens with zero attached hydrogens (tertiary/aromatic N) is 1. The fraction of sp³-hybridized carbons (Fsp3) is 0.222. The molecular weight excluding hydrogens is 168 g/mol. The summed E-state index contributed by atoms with van der Waals surface area (Å²) in [4.78, 5) is 5.23. The lowest BCUT2D eigenvalue weighted by Crippen LogP contribution is -2.11. The van der Waals surface area contributed by atoms with Crippen LogP contribution in [0.5, 0.6) is 0 Å². The minimum Gasteiger partial charge on any atom is -0.383 e. The predicted octanol–water partition coefficient (Wildman–Crippen LogP) is 2.38. The largest absolute Gasteiger partial charge is 0.383 e. The Labute approximate surface area is 76.4 Å². The molecule has 0 unspecified atom stereocenters. The number of thiophene rings is 1. The molecule has 3 heteroatoms. The van der Waals surface area contributed by atoms with Gasteiger partial charge in [-0.2, -0.15) is 0 Å². The first-order chi connectivity index (χ1) is 5.74. The molecule has 1 aromatic heterocycles. The zero-order chi connectivity index (χ0) is 8.97. The monoisotopic (exact) mass is 180 g/mol. The predicted molar refractivity (Wildman–Crippen MR) is 54.5 cm³/mol. The molecule has 0 spiro atoms. The molecule has 0 radical (unpaired) electrons. The van der Waals surface area contributed by atoms with Gasteiger partial charge in [0.05, 0.1) is 4.88 Å². The Balaban J connectivity index is 2.85. The summed E-state index contributed by atoms with van der Waals surface area (Å²) < 4.78 is 0. The first kappa shape index (κ1) is 9.00. The third-order valence-electron chi connectivity index (χ3n) is 1.49. The molecule has 1 aromatic rings. The second-order valence-electron chi connectivity index (χ2n) is 2.40. The van der Waals surface area contributed by atoms with Crippen LogP contribution in [0.1, 0.15) is 18.7 Å². The molecule has 0 atom stereocenters. The van der Waals surface area contributed by atoms with E-state index in [0.29, 0.717) is 5.84 Å². The Bertz CT molecular complexity index is 296. The fourth-order valence-electron chi connectivity index (χ4n) is 0.734. The summed E-state index contributed by atoms with van der Waals surface area (Å²) in [6.45, 7) is 3.88. The highest BCUT2D eigenvalue weighted by atomic mass is 32.1. The number of amidine groups is 1. The number of rotatable bonds is 2. The van der Waals surface area contributed by atoms with Gasteiger partial charge in [0.2, 0.25) is 0 Å². The Morgan fingerprint density at radius 1 is 1.67 bits per heavy atom. The minimum absolute atomic E-state index is 0.598. The van der Waals surface area contributed by atoms with Crippen LogP contribution in [-0.4, -0.2) is 5.84 Å². The summed E-state index contributed by atoms with van der Waals surface area (Å²) >= 11 is 1.60. The molecule has 0 aliphatic carbocycles. The van der Waals surface area contributed by atoms with Gasteiger partial charge in [-0.15, -0.1) is 11.3 Å². The van der Waals surface area contributed by atoms with E-state index in [-0.39, 0.29) is 0 Å². The van der Waals surface area contributed by atoms with Crippen molar-refractivity contribution < 1.29 is 0 Å². The van der Waals surface area contributed by atoms with Gasteiger partial charge in [0.1, 0.15) is 5.84 Å². The van der Waals surface area contributed by atoms with Gasteiger partial charge in [-0.1, -0.05) is 12.1 Å². The molecule has 0 fully saturated rings. The summed E-state index contributed by atoms with van der Waals surface area (Å²) in [6.07, 6.45) is 1.93. The lowest BCUT2D eigenvalue weighted by atomic mass is 10.4. The van der Waals surface area contributed by atoms with Gasteiger partial charge < -0.3 is 5.73 Å². The van der Waals surface area contributed by atoms with Crippen molar-refractivity contribution in [1.29, 1.82) is 0 Å². The summed E-state index contributed by atoms with van der Waals surface area (Å²) in [5.74, 6) is 0.598. The van der Waals surface area contributed by atoms with E-state index >= 15 is 0 Å². The maximum Gasteiger partial charge on any atom is 0.141 e. The maximum atomic E-state index is 5.74. The highest BCUT2D eigenvalue weighted by Crippen LogP contribution is 2.08. The second kappa shape index (κ2) is 4.07. The molecule has 0 saturated carbocycles. The second-order valence-corrected chi connectivity index (χ2v) is 3.35. The molecular formula is C9H12N2S. The number of hydrogen-bond acceptors (Lipinski definition) is 2. The number of allylic oxidation sites excluding steroid dienone is 2. The average Bonchev–Trinajstić information content (AvgIpc) is 2.56. The Hall–Kier alpha value is -1.09. The Morgan fingerprint density at radius 2 is 2.42 bits per heavy atom. The van der Waals surface area contributed by atoms with Gasteiger partial charge in [0, 0.05) is 5.70 Å². The van der Waals surface area contributed by atoms with Gasteiger partial charge in [-0.3, -0.25) is 0 Å². The SMILES string of the molecule is CC=C(C)N=C(N)c1cccs1. The molecule has 2 nitrogen and oxygen atoms in total. The molecule has 0 aromatic carbocycles. The van der Waals surface area contributed by atoms with E-state index in [4.69, 9.17) is 5.73 Å². The smallest absolute Gasteiger partial charge is 0.141 e.